The smallest absolute Gasteiger partial charge is 0.326 e. The Morgan fingerprint density at radius 2 is 1.65 bits per heavy atom. The van der Waals surface area contributed by atoms with Crippen LogP contribution < -0.4 is 0 Å². The van der Waals surface area contributed by atoms with E-state index in [9.17, 15) is 14.7 Å². The summed E-state index contributed by atoms with van der Waals surface area (Å²) in [6.07, 6.45) is 2.01. The van der Waals surface area contributed by atoms with E-state index in [-0.39, 0.29) is 18.1 Å². The Morgan fingerprint density at radius 3 is 2.38 bits per heavy atom. The van der Waals surface area contributed by atoms with E-state index in [4.69, 9.17) is 0 Å². The third kappa shape index (κ3) is 2.86. The molecule has 2 aromatic carbocycles. The van der Waals surface area contributed by atoms with Crippen molar-refractivity contribution in [3.8, 4) is 5.69 Å². The molecule has 1 amide bonds. The minimum Gasteiger partial charge on any atom is -0.480 e. The number of hydrogen-bond donors (Lipinski definition) is 1. The summed E-state index contributed by atoms with van der Waals surface area (Å²) in [6.45, 7) is 0.268. The van der Waals surface area contributed by atoms with Crippen LogP contribution >= 0.6 is 0 Å². The molecule has 0 fully saturated rings. The van der Waals surface area contributed by atoms with E-state index in [1.165, 1.54) is 4.90 Å². The molecule has 0 radical (unpaired) electrons. The molecule has 26 heavy (non-hydrogen) atoms. The number of carbonyl (C=O) groups is 2. The van der Waals surface area contributed by atoms with Crippen LogP contribution in [0.2, 0.25) is 0 Å². The molecule has 1 aliphatic heterocycles. The Bertz CT molecular complexity index is 965. The van der Waals surface area contributed by atoms with Crippen LogP contribution in [0.5, 0.6) is 0 Å². The molecule has 0 aliphatic carbocycles. The number of para-hydroxylation sites is 1. The van der Waals surface area contributed by atoms with Crippen molar-refractivity contribution in [2.24, 2.45) is 0 Å². The first-order valence-corrected chi connectivity index (χ1v) is 8.35. The van der Waals surface area contributed by atoms with E-state index in [1.54, 1.807) is 16.9 Å². The molecule has 1 N–H and O–H groups in total. The predicted molar refractivity (Wildman–Crippen MR) is 95.0 cm³/mol. The number of nitrogens with zero attached hydrogens (tertiary/aromatic N) is 3. The summed E-state index contributed by atoms with van der Waals surface area (Å²) in [5.41, 5.74) is 3.02. The Balaban J connectivity index is 1.65. The van der Waals surface area contributed by atoms with Gasteiger partial charge >= 0.3 is 5.97 Å². The first kappa shape index (κ1) is 16.1. The van der Waals surface area contributed by atoms with Crippen LogP contribution in [0.1, 0.15) is 21.6 Å². The van der Waals surface area contributed by atoms with Crippen LogP contribution in [0.4, 0.5) is 0 Å². The molecule has 2 heterocycles. The maximum atomic E-state index is 13.0. The lowest BCUT2D eigenvalue weighted by Gasteiger charge is -2.34. The molecule has 130 valence electrons. The highest BCUT2D eigenvalue weighted by atomic mass is 16.4. The zero-order chi connectivity index (χ0) is 18.1. The van der Waals surface area contributed by atoms with Gasteiger partial charge in [-0.1, -0.05) is 42.5 Å². The molecular formula is C20H17N3O3. The highest BCUT2D eigenvalue weighted by molar-refractivity contribution is 5.95. The summed E-state index contributed by atoms with van der Waals surface area (Å²) in [6, 6.07) is 17.8. The Kier molecular flexibility index (Phi) is 4.01. The maximum Gasteiger partial charge on any atom is 0.326 e. The van der Waals surface area contributed by atoms with Crippen LogP contribution in [-0.4, -0.2) is 37.7 Å². The molecule has 1 aromatic heterocycles. The van der Waals surface area contributed by atoms with Gasteiger partial charge in [0.2, 0.25) is 0 Å². The van der Waals surface area contributed by atoms with Crippen molar-refractivity contribution in [1.29, 1.82) is 0 Å². The van der Waals surface area contributed by atoms with Gasteiger partial charge in [-0.3, -0.25) is 4.79 Å². The van der Waals surface area contributed by atoms with Crippen molar-refractivity contribution in [3.05, 3.63) is 83.7 Å². The fraction of sp³-hybridized carbons (Fsp3) is 0.150. The van der Waals surface area contributed by atoms with E-state index in [1.807, 2.05) is 54.6 Å². The normalized spacial score (nSPS) is 16.2. The highest BCUT2D eigenvalue weighted by Crippen LogP contribution is 2.25. The first-order valence-electron chi connectivity index (χ1n) is 8.35. The van der Waals surface area contributed by atoms with Crippen molar-refractivity contribution < 1.29 is 14.7 Å². The van der Waals surface area contributed by atoms with Gasteiger partial charge in [-0.05, 0) is 29.3 Å². The van der Waals surface area contributed by atoms with Gasteiger partial charge in [0.25, 0.3) is 5.91 Å². The largest absolute Gasteiger partial charge is 0.480 e. The summed E-state index contributed by atoms with van der Waals surface area (Å²) >= 11 is 0. The summed E-state index contributed by atoms with van der Waals surface area (Å²) in [7, 11) is 0. The molecule has 0 saturated heterocycles. The van der Waals surface area contributed by atoms with E-state index in [0.29, 0.717) is 6.42 Å². The molecule has 0 bridgehead atoms. The van der Waals surface area contributed by atoms with Crippen LogP contribution in [0.3, 0.4) is 0 Å². The van der Waals surface area contributed by atoms with Crippen LogP contribution in [0, 0.1) is 0 Å². The average Bonchev–Trinajstić information content (AvgIpc) is 3.17. The Labute approximate surface area is 150 Å². The minimum absolute atomic E-state index is 0.236. The quantitative estimate of drug-likeness (QED) is 0.790. The first-order chi connectivity index (χ1) is 12.6. The second kappa shape index (κ2) is 6.48. The predicted octanol–water partition coefficient (Wildman–Crippen LogP) is 2.52. The van der Waals surface area contributed by atoms with Gasteiger partial charge in [0.05, 0.1) is 5.69 Å². The van der Waals surface area contributed by atoms with Gasteiger partial charge in [-0.25, -0.2) is 9.48 Å². The number of hydrogen-bond acceptors (Lipinski definition) is 3. The van der Waals surface area contributed by atoms with Crippen LogP contribution in [0.25, 0.3) is 5.69 Å². The fourth-order valence-electron chi connectivity index (χ4n) is 3.27. The summed E-state index contributed by atoms with van der Waals surface area (Å²) in [5.74, 6) is -1.38. The van der Waals surface area contributed by atoms with E-state index < -0.39 is 12.0 Å². The van der Waals surface area contributed by atoms with E-state index >= 15 is 0 Å². The second-order valence-electron chi connectivity index (χ2n) is 6.24. The molecule has 1 aliphatic rings. The third-order valence-electron chi connectivity index (χ3n) is 4.62. The number of rotatable bonds is 3. The zero-order valence-electron chi connectivity index (χ0n) is 13.9. The summed E-state index contributed by atoms with van der Waals surface area (Å²) in [4.78, 5) is 26.1. The standard InChI is InChI=1S/C20H17N3O3/c24-19(17-10-11-23(21-17)16-8-2-1-3-9-16)22-13-15-7-5-4-6-14(15)12-18(22)20(25)26/h1-11,18H,12-13H2,(H,25,26). The Morgan fingerprint density at radius 1 is 0.962 bits per heavy atom. The fourth-order valence-corrected chi connectivity index (χ4v) is 3.27. The molecule has 1 unspecified atom stereocenters. The lowest BCUT2D eigenvalue weighted by atomic mass is 9.93. The second-order valence-corrected chi connectivity index (χ2v) is 6.24. The van der Waals surface area contributed by atoms with Gasteiger partial charge < -0.3 is 10.0 Å². The molecule has 0 saturated carbocycles. The number of aliphatic carboxylic acids is 1. The minimum atomic E-state index is -1.00. The number of aromatic nitrogens is 2. The van der Waals surface area contributed by atoms with Gasteiger partial charge in [0, 0.05) is 19.2 Å². The number of carboxylic acids is 1. The number of amides is 1. The molecular weight excluding hydrogens is 330 g/mol. The van der Waals surface area contributed by atoms with Gasteiger partial charge in [0.1, 0.15) is 6.04 Å². The van der Waals surface area contributed by atoms with Crippen molar-refractivity contribution >= 4 is 11.9 Å². The number of benzene rings is 2. The van der Waals surface area contributed by atoms with E-state index in [2.05, 4.69) is 5.10 Å². The van der Waals surface area contributed by atoms with Gasteiger partial charge in [-0.2, -0.15) is 5.10 Å². The van der Waals surface area contributed by atoms with E-state index in [0.717, 1.165) is 16.8 Å². The SMILES string of the molecule is O=C(O)C1Cc2ccccc2CN1C(=O)c1ccn(-c2ccccc2)n1. The summed E-state index contributed by atoms with van der Waals surface area (Å²) in [5, 5.41) is 13.9. The van der Waals surface area contributed by atoms with Gasteiger partial charge in [0.15, 0.2) is 5.69 Å². The molecule has 0 spiro atoms. The highest BCUT2D eigenvalue weighted by Gasteiger charge is 2.35. The summed E-state index contributed by atoms with van der Waals surface area (Å²) < 4.78 is 1.61. The zero-order valence-corrected chi connectivity index (χ0v) is 13.9. The topological polar surface area (TPSA) is 75.4 Å². The van der Waals surface area contributed by atoms with Crippen molar-refractivity contribution in [2.45, 2.75) is 19.0 Å². The molecule has 4 rings (SSSR count). The number of fused-ring (bicyclic) bond motifs is 1. The van der Waals surface area contributed by atoms with Gasteiger partial charge in [-0.15, -0.1) is 0 Å². The van der Waals surface area contributed by atoms with Crippen LogP contribution in [0.15, 0.2) is 66.9 Å². The molecule has 3 aromatic rings. The lowest BCUT2D eigenvalue weighted by Crippen LogP contribution is -2.48. The molecule has 1 atom stereocenters. The molecule has 6 heteroatoms. The number of carbonyl (C=O) groups excluding carboxylic acids is 1. The maximum absolute atomic E-state index is 13.0. The van der Waals surface area contributed by atoms with Crippen molar-refractivity contribution in [1.82, 2.24) is 14.7 Å². The molecule has 6 nitrogen and oxygen atoms in total. The average molecular weight is 347 g/mol. The third-order valence-corrected chi connectivity index (χ3v) is 4.62. The lowest BCUT2D eigenvalue weighted by molar-refractivity contribution is -0.142. The van der Waals surface area contributed by atoms with Crippen LogP contribution in [-0.2, 0) is 17.8 Å². The Hall–Kier alpha value is -3.41. The number of carboxylic acid groups (broad SMARTS) is 1. The van der Waals surface area contributed by atoms with Crippen molar-refractivity contribution in [3.63, 3.8) is 0 Å². The van der Waals surface area contributed by atoms with Crippen molar-refractivity contribution in [2.75, 3.05) is 0 Å². The monoisotopic (exact) mass is 347 g/mol.